The monoisotopic (exact) mass is 418 g/mol. The number of piperidine rings is 1. The van der Waals surface area contributed by atoms with E-state index >= 15 is 0 Å². The van der Waals surface area contributed by atoms with Crippen molar-refractivity contribution in [1.29, 1.82) is 0 Å². The maximum atomic E-state index is 12.6. The smallest absolute Gasteiger partial charge is 0.231 e. The van der Waals surface area contributed by atoms with Crippen LogP contribution in [0.1, 0.15) is 19.3 Å². The molecule has 0 atom stereocenters. The van der Waals surface area contributed by atoms with Crippen LogP contribution in [0.4, 0.5) is 5.69 Å². The van der Waals surface area contributed by atoms with Gasteiger partial charge in [-0.3, -0.25) is 9.59 Å². The topological polar surface area (TPSA) is 111 Å². The SMILES string of the molecule is Cn1nnnc1SCCC(=O)N1CCC(C(=O)Nc2ccc3c(c2)OCO3)CC1. The largest absolute Gasteiger partial charge is 0.454 e. The van der Waals surface area contributed by atoms with Crippen molar-refractivity contribution in [2.45, 2.75) is 24.4 Å². The highest BCUT2D eigenvalue weighted by molar-refractivity contribution is 7.99. The molecule has 0 unspecified atom stereocenters. The Hall–Kier alpha value is -2.82. The minimum atomic E-state index is -0.108. The standard InChI is InChI=1S/C18H22N6O4S/c1-23-18(20-21-22-23)29-9-6-16(25)24-7-4-12(5-8-24)17(26)19-13-2-3-14-15(10-13)28-11-27-14/h2-3,10,12H,4-9,11H2,1H3,(H,19,26). The highest BCUT2D eigenvalue weighted by Crippen LogP contribution is 2.34. The zero-order valence-corrected chi connectivity index (χ0v) is 16.9. The molecule has 0 aliphatic carbocycles. The van der Waals surface area contributed by atoms with Gasteiger partial charge in [-0.2, -0.15) is 0 Å². The Balaban J connectivity index is 1.21. The molecule has 1 fully saturated rings. The summed E-state index contributed by atoms with van der Waals surface area (Å²) in [4.78, 5) is 26.8. The summed E-state index contributed by atoms with van der Waals surface area (Å²) in [7, 11) is 1.77. The summed E-state index contributed by atoms with van der Waals surface area (Å²) in [5.74, 6) is 1.91. The van der Waals surface area contributed by atoms with Crippen molar-refractivity contribution in [3.63, 3.8) is 0 Å². The van der Waals surface area contributed by atoms with E-state index in [1.165, 1.54) is 11.8 Å². The molecule has 0 saturated carbocycles. The summed E-state index contributed by atoms with van der Waals surface area (Å²) >= 11 is 1.46. The summed E-state index contributed by atoms with van der Waals surface area (Å²) in [5, 5.41) is 14.9. The molecule has 2 aliphatic heterocycles. The number of thioether (sulfide) groups is 1. The Morgan fingerprint density at radius 3 is 2.79 bits per heavy atom. The molecule has 4 rings (SSSR count). The second-order valence-electron chi connectivity index (χ2n) is 6.90. The van der Waals surface area contributed by atoms with Gasteiger partial charge in [-0.05, 0) is 35.4 Å². The van der Waals surface area contributed by atoms with Crippen LogP contribution in [-0.2, 0) is 16.6 Å². The molecular formula is C18H22N6O4S. The molecule has 0 radical (unpaired) electrons. The average molecular weight is 418 g/mol. The van der Waals surface area contributed by atoms with Gasteiger partial charge in [0.25, 0.3) is 0 Å². The molecule has 1 saturated heterocycles. The molecule has 10 nitrogen and oxygen atoms in total. The zero-order valence-electron chi connectivity index (χ0n) is 16.0. The molecule has 2 aliphatic rings. The van der Waals surface area contributed by atoms with Crippen molar-refractivity contribution in [1.82, 2.24) is 25.1 Å². The van der Waals surface area contributed by atoms with Crippen LogP contribution in [0.5, 0.6) is 11.5 Å². The van der Waals surface area contributed by atoms with E-state index in [9.17, 15) is 9.59 Å². The molecule has 1 N–H and O–H groups in total. The molecule has 154 valence electrons. The lowest BCUT2D eigenvalue weighted by atomic mass is 9.95. The van der Waals surface area contributed by atoms with Crippen LogP contribution in [0.2, 0.25) is 0 Å². The van der Waals surface area contributed by atoms with Gasteiger partial charge in [0.15, 0.2) is 11.5 Å². The number of anilines is 1. The van der Waals surface area contributed by atoms with Crippen LogP contribution >= 0.6 is 11.8 Å². The van der Waals surface area contributed by atoms with E-state index in [4.69, 9.17) is 9.47 Å². The summed E-state index contributed by atoms with van der Waals surface area (Å²) in [6.07, 6.45) is 1.73. The van der Waals surface area contributed by atoms with Crippen LogP contribution in [-0.4, -0.2) is 62.6 Å². The first kappa shape index (κ1) is 19.5. The average Bonchev–Trinajstić information content (AvgIpc) is 3.36. The molecular weight excluding hydrogens is 396 g/mol. The Morgan fingerprint density at radius 2 is 2.03 bits per heavy atom. The fourth-order valence-corrected chi connectivity index (χ4v) is 4.12. The maximum Gasteiger partial charge on any atom is 0.231 e. The number of fused-ring (bicyclic) bond motifs is 1. The van der Waals surface area contributed by atoms with Gasteiger partial charge >= 0.3 is 0 Å². The predicted octanol–water partition coefficient (Wildman–Crippen LogP) is 1.30. The van der Waals surface area contributed by atoms with Crippen LogP contribution in [0.15, 0.2) is 23.4 Å². The molecule has 11 heteroatoms. The Bertz CT molecular complexity index is 896. The highest BCUT2D eigenvalue weighted by Gasteiger charge is 2.27. The lowest BCUT2D eigenvalue weighted by Crippen LogP contribution is -2.41. The number of tetrazole rings is 1. The summed E-state index contributed by atoms with van der Waals surface area (Å²) in [6.45, 7) is 1.38. The van der Waals surface area contributed by atoms with E-state index in [0.717, 1.165) is 0 Å². The van der Waals surface area contributed by atoms with Crippen molar-refractivity contribution in [3.8, 4) is 11.5 Å². The van der Waals surface area contributed by atoms with Crippen molar-refractivity contribution in [3.05, 3.63) is 18.2 Å². The molecule has 1 aromatic carbocycles. The number of amides is 2. The van der Waals surface area contributed by atoms with Gasteiger partial charge in [-0.15, -0.1) is 5.10 Å². The lowest BCUT2D eigenvalue weighted by Gasteiger charge is -2.31. The van der Waals surface area contributed by atoms with Gasteiger partial charge in [0.05, 0.1) is 0 Å². The van der Waals surface area contributed by atoms with Crippen molar-refractivity contribution in [2.24, 2.45) is 13.0 Å². The van der Waals surface area contributed by atoms with Gasteiger partial charge < -0.3 is 19.7 Å². The number of rotatable bonds is 6. The van der Waals surface area contributed by atoms with E-state index < -0.39 is 0 Å². The number of nitrogens with zero attached hydrogens (tertiary/aromatic N) is 5. The summed E-state index contributed by atoms with van der Waals surface area (Å²) < 4.78 is 12.2. The van der Waals surface area contributed by atoms with Gasteiger partial charge in [0.2, 0.25) is 23.8 Å². The van der Waals surface area contributed by atoms with Crippen LogP contribution in [0, 0.1) is 5.92 Å². The van der Waals surface area contributed by atoms with Gasteiger partial charge in [-0.25, -0.2) is 4.68 Å². The fraction of sp³-hybridized carbons (Fsp3) is 0.500. The molecule has 2 aromatic rings. The van der Waals surface area contributed by atoms with Crippen LogP contribution in [0.25, 0.3) is 0 Å². The number of aromatic nitrogens is 4. The van der Waals surface area contributed by atoms with Crippen molar-refractivity contribution in [2.75, 3.05) is 31.0 Å². The maximum absolute atomic E-state index is 12.6. The highest BCUT2D eigenvalue weighted by atomic mass is 32.2. The van der Waals surface area contributed by atoms with Gasteiger partial charge in [0, 0.05) is 50.0 Å². The molecule has 2 amide bonds. The fourth-order valence-electron chi connectivity index (χ4n) is 3.34. The third-order valence-corrected chi connectivity index (χ3v) is 6.00. The summed E-state index contributed by atoms with van der Waals surface area (Å²) in [6, 6.07) is 5.35. The third-order valence-electron chi connectivity index (χ3n) is 4.99. The minimum absolute atomic E-state index is 0.0266. The number of nitrogens with one attached hydrogen (secondary N) is 1. The molecule has 3 heterocycles. The first-order valence-electron chi connectivity index (χ1n) is 9.43. The quantitative estimate of drug-likeness (QED) is 0.699. The van der Waals surface area contributed by atoms with Crippen molar-refractivity contribution >= 4 is 29.3 Å². The second-order valence-corrected chi connectivity index (χ2v) is 7.96. The third kappa shape index (κ3) is 4.61. The number of hydrogen-bond acceptors (Lipinski definition) is 8. The van der Waals surface area contributed by atoms with E-state index in [2.05, 4.69) is 20.8 Å². The first-order chi connectivity index (χ1) is 14.1. The minimum Gasteiger partial charge on any atom is -0.454 e. The zero-order chi connectivity index (χ0) is 20.2. The van der Waals surface area contributed by atoms with Crippen molar-refractivity contribution < 1.29 is 19.1 Å². The Morgan fingerprint density at radius 1 is 1.24 bits per heavy atom. The van der Waals surface area contributed by atoms with E-state index in [1.54, 1.807) is 29.9 Å². The second kappa shape index (κ2) is 8.68. The summed E-state index contributed by atoms with van der Waals surface area (Å²) in [5.41, 5.74) is 0.688. The number of ether oxygens (including phenoxy) is 2. The van der Waals surface area contributed by atoms with Crippen LogP contribution < -0.4 is 14.8 Å². The van der Waals surface area contributed by atoms with Crippen LogP contribution in [0.3, 0.4) is 0 Å². The molecule has 0 bridgehead atoms. The molecule has 0 spiro atoms. The number of aryl methyl sites for hydroxylation is 1. The van der Waals surface area contributed by atoms with E-state index in [0.29, 0.717) is 60.4 Å². The number of benzene rings is 1. The Kier molecular flexibility index (Phi) is 5.84. The Labute approximate surface area is 171 Å². The van der Waals surface area contributed by atoms with E-state index in [1.807, 2.05) is 4.90 Å². The normalized spacial score (nSPS) is 16.1. The number of carbonyl (C=O) groups excluding carboxylic acids is 2. The number of likely N-dealkylation sites (tertiary alicyclic amines) is 1. The first-order valence-corrected chi connectivity index (χ1v) is 10.4. The van der Waals surface area contributed by atoms with Gasteiger partial charge in [-0.1, -0.05) is 11.8 Å². The predicted molar refractivity (Wildman–Crippen MR) is 105 cm³/mol. The molecule has 1 aromatic heterocycles. The van der Waals surface area contributed by atoms with E-state index in [-0.39, 0.29) is 24.5 Å². The molecule has 29 heavy (non-hydrogen) atoms. The van der Waals surface area contributed by atoms with Gasteiger partial charge in [0.1, 0.15) is 0 Å². The number of carbonyl (C=O) groups is 2. The number of hydrogen-bond donors (Lipinski definition) is 1. The lowest BCUT2D eigenvalue weighted by molar-refractivity contribution is -0.134.